The first-order valence-corrected chi connectivity index (χ1v) is 10.3. The molecule has 23 heavy (non-hydrogen) atoms. The van der Waals surface area contributed by atoms with E-state index in [9.17, 15) is 8.42 Å². The van der Waals surface area contributed by atoms with Crippen LogP contribution in [0, 0.1) is 13.8 Å². The van der Waals surface area contributed by atoms with Crippen LogP contribution in [0.25, 0.3) is 5.69 Å². The van der Waals surface area contributed by atoms with Crippen molar-refractivity contribution in [2.75, 3.05) is 0 Å². The molecule has 0 aliphatic rings. The van der Waals surface area contributed by atoms with Gasteiger partial charge in [-0.15, -0.1) is 11.3 Å². The van der Waals surface area contributed by atoms with Crippen molar-refractivity contribution in [3.05, 3.63) is 62.5 Å². The molecule has 0 radical (unpaired) electrons. The first-order chi connectivity index (χ1) is 10.9. The van der Waals surface area contributed by atoms with E-state index < -0.39 is 9.84 Å². The Balaban J connectivity index is 2.05. The predicted octanol–water partition coefficient (Wildman–Crippen LogP) is 4.29. The average Bonchev–Trinajstić information content (AvgIpc) is 3.10. The van der Waals surface area contributed by atoms with Crippen LogP contribution >= 0.6 is 27.3 Å². The molecule has 120 valence electrons. The number of sulfone groups is 1. The van der Waals surface area contributed by atoms with E-state index >= 15 is 0 Å². The summed E-state index contributed by atoms with van der Waals surface area (Å²) in [5, 5.41) is 1.92. The molecule has 4 nitrogen and oxygen atoms in total. The zero-order valence-corrected chi connectivity index (χ0v) is 15.9. The van der Waals surface area contributed by atoms with E-state index in [-0.39, 0.29) is 10.9 Å². The first-order valence-electron chi connectivity index (χ1n) is 6.93. The van der Waals surface area contributed by atoms with E-state index in [1.165, 1.54) is 17.5 Å². The number of benzene rings is 1. The molecular weight excluding hydrogens is 396 g/mol. The standard InChI is InChI=1S/C16H15BrN2O2S2/c1-11-3-4-12(2)14(7-11)19-6-5-18-16(19)23(20,21)10-13-8-15(17)22-9-13/h3-9H,10H2,1-2H3. The maximum Gasteiger partial charge on any atom is 0.232 e. The van der Waals surface area contributed by atoms with Crippen molar-refractivity contribution in [1.82, 2.24) is 9.55 Å². The molecule has 7 heteroatoms. The van der Waals surface area contributed by atoms with Crippen LogP contribution in [0.1, 0.15) is 16.7 Å². The van der Waals surface area contributed by atoms with Crippen LogP contribution in [0.4, 0.5) is 0 Å². The Morgan fingerprint density at radius 2 is 2.04 bits per heavy atom. The molecule has 0 aliphatic heterocycles. The van der Waals surface area contributed by atoms with Crippen molar-refractivity contribution in [3.63, 3.8) is 0 Å². The summed E-state index contributed by atoms with van der Waals surface area (Å²) in [6.45, 7) is 3.94. The van der Waals surface area contributed by atoms with Gasteiger partial charge in [-0.2, -0.15) is 0 Å². The lowest BCUT2D eigenvalue weighted by atomic mass is 10.1. The van der Waals surface area contributed by atoms with E-state index in [2.05, 4.69) is 20.9 Å². The summed E-state index contributed by atoms with van der Waals surface area (Å²) in [5.41, 5.74) is 3.68. The molecule has 0 atom stereocenters. The average molecular weight is 411 g/mol. The first kappa shape index (κ1) is 16.4. The fourth-order valence-electron chi connectivity index (χ4n) is 2.39. The van der Waals surface area contributed by atoms with Gasteiger partial charge in [0, 0.05) is 12.4 Å². The Hall–Kier alpha value is -1.44. The van der Waals surface area contributed by atoms with Crippen LogP contribution in [-0.4, -0.2) is 18.0 Å². The van der Waals surface area contributed by atoms with Gasteiger partial charge in [-0.05, 0) is 64.0 Å². The van der Waals surface area contributed by atoms with Crippen molar-refractivity contribution in [1.29, 1.82) is 0 Å². The molecule has 0 unspecified atom stereocenters. The third kappa shape index (κ3) is 3.41. The SMILES string of the molecule is Cc1ccc(C)c(-n2ccnc2S(=O)(=O)Cc2csc(Br)c2)c1. The molecule has 1 aromatic carbocycles. The molecule has 0 fully saturated rings. The monoisotopic (exact) mass is 410 g/mol. The third-order valence-corrected chi connectivity index (χ3v) is 6.61. The van der Waals surface area contributed by atoms with Crippen LogP contribution in [0.2, 0.25) is 0 Å². The highest BCUT2D eigenvalue weighted by atomic mass is 79.9. The van der Waals surface area contributed by atoms with Gasteiger partial charge in [0.2, 0.25) is 15.0 Å². The van der Waals surface area contributed by atoms with E-state index in [1.807, 2.05) is 43.5 Å². The number of nitrogens with zero attached hydrogens (tertiary/aromatic N) is 2. The van der Waals surface area contributed by atoms with Crippen LogP contribution in [0.15, 0.2) is 51.0 Å². The number of hydrogen-bond acceptors (Lipinski definition) is 4. The molecule has 0 saturated heterocycles. The van der Waals surface area contributed by atoms with Crippen molar-refractivity contribution in [2.45, 2.75) is 24.8 Å². The van der Waals surface area contributed by atoms with Gasteiger partial charge < -0.3 is 0 Å². The molecule has 0 amide bonds. The number of aromatic nitrogens is 2. The quantitative estimate of drug-likeness (QED) is 0.644. The second kappa shape index (κ2) is 6.22. The van der Waals surface area contributed by atoms with Gasteiger partial charge in [-0.3, -0.25) is 4.57 Å². The molecule has 0 spiro atoms. The maximum absolute atomic E-state index is 12.8. The van der Waals surface area contributed by atoms with Crippen LogP contribution in [0.5, 0.6) is 0 Å². The minimum atomic E-state index is -3.53. The van der Waals surface area contributed by atoms with Gasteiger partial charge >= 0.3 is 0 Å². The lowest BCUT2D eigenvalue weighted by Gasteiger charge is -2.12. The fourth-order valence-corrected chi connectivity index (χ4v) is 5.12. The number of thiophene rings is 1. The zero-order valence-electron chi connectivity index (χ0n) is 12.7. The second-order valence-electron chi connectivity index (χ2n) is 5.39. The number of halogens is 1. The molecular formula is C16H15BrN2O2S2. The van der Waals surface area contributed by atoms with E-state index in [0.29, 0.717) is 0 Å². The molecule has 3 aromatic rings. The second-order valence-corrected chi connectivity index (χ2v) is 9.56. The van der Waals surface area contributed by atoms with Crippen molar-refractivity contribution >= 4 is 37.1 Å². The fraction of sp³-hybridized carbons (Fsp3) is 0.188. The van der Waals surface area contributed by atoms with Gasteiger partial charge in [0.25, 0.3) is 0 Å². The highest BCUT2D eigenvalue weighted by Gasteiger charge is 2.23. The molecule has 0 N–H and O–H groups in total. The van der Waals surface area contributed by atoms with Gasteiger partial charge in [0.15, 0.2) is 0 Å². The summed E-state index contributed by atoms with van der Waals surface area (Å²) >= 11 is 4.83. The Labute approximate surface area is 147 Å². The predicted molar refractivity (Wildman–Crippen MR) is 95.9 cm³/mol. The summed E-state index contributed by atoms with van der Waals surface area (Å²) in [6, 6.07) is 7.79. The van der Waals surface area contributed by atoms with Gasteiger partial charge in [0.1, 0.15) is 0 Å². The zero-order chi connectivity index (χ0) is 16.6. The number of aryl methyl sites for hydroxylation is 2. The molecule has 2 heterocycles. The lowest BCUT2D eigenvalue weighted by molar-refractivity contribution is 0.583. The van der Waals surface area contributed by atoms with E-state index in [0.717, 1.165) is 26.2 Å². The highest BCUT2D eigenvalue weighted by molar-refractivity contribution is 9.11. The van der Waals surface area contributed by atoms with Crippen molar-refractivity contribution < 1.29 is 8.42 Å². The lowest BCUT2D eigenvalue weighted by Crippen LogP contribution is -2.12. The minimum Gasteiger partial charge on any atom is -0.290 e. The van der Waals surface area contributed by atoms with Crippen molar-refractivity contribution in [2.24, 2.45) is 0 Å². The molecule has 2 aromatic heterocycles. The van der Waals surface area contributed by atoms with Crippen LogP contribution in [-0.2, 0) is 15.6 Å². The largest absolute Gasteiger partial charge is 0.290 e. The number of hydrogen-bond donors (Lipinski definition) is 0. The molecule has 0 bridgehead atoms. The highest BCUT2D eigenvalue weighted by Crippen LogP contribution is 2.26. The Morgan fingerprint density at radius 3 is 2.74 bits per heavy atom. The number of imidazole rings is 1. The van der Waals surface area contributed by atoms with Crippen LogP contribution in [0.3, 0.4) is 0 Å². The molecule has 0 aliphatic carbocycles. The topological polar surface area (TPSA) is 52.0 Å². The maximum atomic E-state index is 12.8. The van der Waals surface area contributed by atoms with Gasteiger partial charge in [-0.1, -0.05) is 12.1 Å². The summed E-state index contributed by atoms with van der Waals surface area (Å²) in [6.07, 6.45) is 3.22. The molecule has 3 rings (SSSR count). The Kier molecular flexibility index (Phi) is 4.44. The Bertz CT molecular complexity index is 958. The summed E-state index contributed by atoms with van der Waals surface area (Å²) in [4.78, 5) is 4.10. The smallest absolute Gasteiger partial charge is 0.232 e. The summed E-state index contributed by atoms with van der Waals surface area (Å²) < 4.78 is 28.1. The van der Waals surface area contributed by atoms with Gasteiger partial charge in [0.05, 0.1) is 15.2 Å². The van der Waals surface area contributed by atoms with Crippen molar-refractivity contribution in [3.8, 4) is 5.69 Å². The molecule has 0 saturated carbocycles. The van der Waals surface area contributed by atoms with E-state index in [1.54, 1.807) is 10.8 Å². The summed E-state index contributed by atoms with van der Waals surface area (Å²) in [5.74, 6) is -0.0586. The minimum absolute atomic E-state index is 0.0586. The summed E-state index contributed by atoms with van der Waals surface area (Å²) in [7, 11) is -3.53. The van der Waals surface area contributed by atoms with Crippen LogP contribution < -0.4 is 0 Å². The third-order valence-electron chi connectivity index (χ3n) is 3.49. The van der Waals surface area contributed by atoms with E-state index in [4.69, 9.17) is 0 Å². The van der Waals surface area contributed by atoms with Gasteiger partial charge in [-0.25, -0.2) is 13.4 Å². The normalized spacial score (nSPS) is 11.8. The Morgan fingerprint density at radius 1 is 1.26 bits per heavy atom. The number of rotatable bonds is 4.